The van der Waals surface area contributed by atoms with E-state index in [0.717, 1.165) is 11.4 Å². The van der Waals surface area contributed by atoms with Crippen molar-refractivity contribution >= 4 is 150 Å². The van der Waals surface area contributed by atoms with Gasteiger partial charge in [0.15, 0.2) is 0 Å². The van der Waals surface area contributed by atoms with Crippen LogP contribution in [0.3, 0.4) is 0 Å². The van der Waals surface area contributed by atoms with Crippen LogP contribution in [0.15, 0.2) is 473 Å². The maximum atomic E-state index is 2.48. The Morgan fingerprint density at radius 2 is 0.383 bits per heavy atom. The number of para-hydroxylation sites is 2. The fourth-order valence-corrected chi connectivity index (χ4v) is 23.3. The Bertz CT molecular complexity index is 8880. The van der Waals surface area contributed by atoms with Crippen molar-refractivity contribution < 1.29 is 0 Å². The normalized spacial score (nSPS) is 11.8. The average Bonchev–Trinajstić information content (AvgIpc) is 1.28. The standard InChI is InChI=1S/C68H43NS.C56H35NS/c1-6-20-44(21-7-1)50-39-57(46-24-10-3-11-25-46)67-61(41-50)62-42-51(45-22-8-2-9-23-45)40-58(68(62)70-67)49-34-37-64-59(38-49)53-30-18-19-33-63(53)69(64)52-35-36-56-60(43-52)66(48-28-14-5-15-29-48)55-32-17-16-31-54(55)65(56)47-26-12-4-13-27-47;1-4-16-36(17-5-1)41-25-14-27-47-48-28-15-26-42(56(48)58-55(41)47)39-30-33-52-49(34-39)43-22-12-13-29-51(43)57(52)40-31-32-46-50(35-40)54(38-20-8-3-9-21-38)45-24-11-10-23-44(45)53(46)37-18-6-2-7-19-37/h1-43H;1-35H. The molecule has 26 rings (SSSR count). The predicted molar refractivity (Wildman–Crippen MR) is 552 cm³/mol. The van der Waals surface area contributed by atoms with Gasteiger partial charge in [0.25, 0.3) is 0 Å². The summed E-state index contributed by atoms with van der Waals surface area (Å²) in [7, 11) is 0. The summed E-state index contributed by atoms with van der Waals surface area (Å²) in [4.78, 5) is 0. The van der Waals surface area contributed by atoms with Crippen molar-refractivity contribution in [3.05, 3.63) is 473 Å². The molecule has 0 atom stereocenters. The maximum absolute atomic E-state index is 2.48. The molecule has 0 bridgehead atoms. The van der Waals surface area contributed by atoms with Gasteiger partial charge in [-0.3, -0.25) is 0 Å². The molecule has 0 saturated heterocycles. The Labute approximate surface area is 748 Å². The first-order valence-corrected chi connectivity index (χ1v) is 45.6. The van der Waals surface area contributed by atoms with Gasteiger partial charge in [0, 0.05) is 84.4 Å². The number of thiophene rings is 2. The molecular weight excluding hydrogens is 1580 g/mol. The summed E-state index contributed by atoms with van der Waals surface area (Å²) in [6.07, 6.45) is 0. The first kappa shape index (κ1) is 74.5. The molecule has 2 nitrogen and oxygen atoms in total. The molecule has 128 heavy (non-hydrogen) atoms. The molecule has 0 amide bonds. The third kappa shape index (κ3) is 12.4. The van der Waals surface area contributed by atoms with E-state index in [1.54, 1.807) is 0 Å². The number of aromatic nitrogens is 2. The van der Waals surface area contributed by atoms with Gasteiger partial charge in [0.2, 0.25) is 0 Å². The molecule has 4 heteroatoms. The van der Waals surface area contributed by atoms with E-state index in [9.17, 15) is 0 Å². The van der Waals surface area contributed by atoms with Gasteiger partial charge >= 0.3 is 0 Å². The summed E-state index contributed by atoms with van der Waals surface area (Å²) in [5.74, 6) is 0. The minimum absolute atomic E-state index is 1.14. The first-order chi connectivity index (χ1) is 63.5. The van der Waals surface area contributed by atoms with Gasteiger partial charge in [0.1, 0.15) is 0 Å². The minimum atomic E-state index is 1.14. The van der Waals surface area contributed by atoms with Crippen molar-refractivity contribution in [2.24, 2.45) is 0 Å². The van der Waals surface area contributed by atoms with E-state index in [0.29, 0.717) is 0 Å². The van der Waals surface area contributed by atoms with Gasteiger partial charge in [-0.15, -0.1) is 22.7 Å². The van der Waals surface area contributed by atoms with Crippen LogP contribution in [0.25, 0.3) is 250 Å². The largest absolute Gasteiger partial charge is 0.309 e. The molecule has 0 spiro atoms. The second-order valence-corrected chi connectivity index (χ2v) is 35.6. The average molecular weight is 1660 g/mol. The van der Waals surface area contributed by atoms with Gasteiger partial charge in [-0.2, -0.15) is 0 Å². The zero-order valence-electron chi connectivity index (χ0n) is 69.7. The fourth-order valence-electron chi connectivity index (χ4n) is 20.6. The summed E-state index contributed by atoms with van der Waals surface area (Å²) >= 11 is 3.83. The summed E-state index contributed by atoms with van der Waals surface area (Å²) in [5.41, 5.74) is 31.9. The molecule has 0 N–H and O–H groups in total. The zero-order valence-corrected chi connectivity index (χ0v) is 71.4. The predicted octanol–water partition coefficient (Wildman–Crippen LogP) is 35.6. The van der Waals surface area contributed by atoms with E-state index in [-0.39, 0.29) is 0 Å². The molecule has 0 radical (unpaired) electrons. The van der Waals surface area contributed by atoms with Gasteiger partial charge in [0.05, 0.1) is 22.1 Å². The van der Waals surface area contributed by atoms with Crippen LogP contribution in [0.1, 0.15) is 0 Å². The third-order valence-corrected chi connectivity index (χ3v) is 28.9. The van der Waals surface area contributed by atoms with Crippen LogP contribution >= 0.6 is 22.7 Å². The van der Waals surface area contributed by atoms with Crippen molar-refractivity contribution in [3.8, 4) is 123 Å². The Hall–Kier alpha value is -16.1. The Kier molecular flexibility index (Phi) is 18.1. The molecule has 4 aromatic heterocycles. The molecule has 4 heterocycles. The monoisotopic (exact) mass is 1660 g/mol. The molecule has 26 aromatic rings. The summed E-state index contributed by atoms with van der Waals surface area (Å²) in [6, 6.07) is 174. The van der Waals surface area contributed by atoms with Gasteiger partial charge in [-0.25, -0.2) is 0 Å². The Morgan fingerprint density at radius 1 is 0.125 bits per heavy atom. The molecule has 0 fully saturated rings. The summed E-state index contributed by atoms with van der Waals surface area (Å²) in [6.45, 7) is 0. The highest BCUT2D eigenvalue weighted by atomic mass is 32.1. The molecule has 0 saturated carbocycles. The van der Waals surface area contributed by atoms with Gasteiger partial charge < -0.3 is 9.13 Å². The van der Waals surface area contributed by atoms with E-state index in [2.05, 4.69) is 482 Å². The number of benzene rings is 22. The molecule has 0 aliphatic heterocycles. The van der Waals surface area contributed by atoms with Gasteiger partial charge in [-0.05, 0) is 228 Å². The van der Waals surface area contributed by atoms with Crippen LogP contribution in [0.2, 0.25) is 0 Å². The lowest BCUT2D eigenvalue weighted by molar-refractivity contribution is 1.19. The van der Waals surface area contributed by atoms with E-state index in [4.69, 9.17) is 0 Å². The van der Waals surface area contributed by atoms with Crippen molar-refractivity contribution in [3.63, 3.8) is 0 Å². The number of hydrogen-bond donors (Lipinski definition) is 0. The van der Waals surface area contributed by atoms with E-state index >= 15 is 0 Å². The molecular formula is C124H78N2S2. The van der Waals surface area contributed by atoms with Crippen molar-refractivity contribution in [1.29, 1.82) is 0 Å². The zero-order chi connectivity index (χ0) is 84.3. The summed E-state index contributed by atoms with van der Waals surface area (Å²) < 4.78 is 10.2. The first-order valence-electron chi connectivity index (χ1n) is 44.0. The topological polar surface area (TPSA) is 9.86 Å². The lowest BCUT2D eigenvalue weighted by Crippen LogP contribution is -1.96. The maximum Gasteiger partial charge on any atom is 0.0541 e. The number of rotatable bonds is 12. The molecule has 0 aliphatic carbocycles. The van der Waals surface area contributed by atoms with Crippen molar-refractivity contribution in [2.45, 2.75) is 0 Å². The summed E-state index contributed by atoms with van der Waals surface area (Å²) in [5, 5.41) is 20.2. The smallest absolute Gasteiger partial charge is 0.0541 e. The van der Waals surface area contributed by atoms with Crippen LogP contribution in [0.4, 0.5) is 0 Å². The molecule has 596 valence electrons. The third-order valence-electron chi connectivity index (χ3n) is 26.3. The minimum Gasteiger partial charge on any atom is -0.309 e. The second kappa shape index (κ2) is 31.0. The quantitative estimate of drug-likeness (QED) is 0.108. The number of hydrogen-bond acceptors (Lipinski definition) is 2. The highest BCUT2D eigenvalue weighted by Crippen LogP contribution is 2.53. The number of fused-ring (bicyclic) bond motifs is 16. The SMILES string of the molecule is c1ccc(-c2c3ccccc3c(-c3ccccc3)c3cc(-n4c5ccccc5c5cc(-c6cccc7c6sc6c(-c8ccccc8)cccc67)ccc54)ccc23)cc1.c1ccc(-c2cc(-c3ccccc3)c3sc4c(-c5ccc6c(c5)c5ccccc5n6-c5ccc6c(-c7ccccc7)c7ccccc7c(-c7ccccc7)c6c5)cc(-c5ccccc5)cc4c3c2)cc1. The van der Waals surface area contributed by atoms with E-state index < -0.39 is 0 Å². The highest BCUT2D eigenvalue weighted by molar-refractivity contribution is 7.27. The lowest BCUT2D eigenvalue weighted by atomic mass is 9.86. The molecule has 0 unspecified atom stereocenters. The highest BCUT2D eigenvalue weighted by Gasteiger charge is 2.26. The fraction of sp³-hybridized carbons (Fsp3) is 0. The Balaban J connectivity index is 0.000000141. The van der Waals surface area contributed by atoms with Crippen molar-refractivity contribution in [1.82, 2.24) is 9.13 Å². The Morgan fingerprint density at radius 3 is 0.758 bits per heavy atom. The van der Waals surface area contributed by atoms with Crippen LogP contribution in [-0.4, -0.2) is 9.13 Å². The lowest BCUT2D eigenvalue weighted by Gasteiger charge is -2.19. The second-order valence-electron chi connectivity index (χ2n) is 33.5. The van der Waals surface area contributed by atoms with Gasteiger partial charge in [-0.1, -0.05) is 388 Å². The number of nitrogens with zero attached hydrogens (tertiary/aromatic N) is 2. The molecule has 0 aliphatic rings. The van der Waals surface area contributed by atoms with Crippen LogP contribution in [-0.2, 0) is 0 Å². The van der Waals surface area contributed by atoms with E-state index in [1.807, 2.05) is 22.7 Å². The van der Waals surface area contributed by atoms with Crippen LogP contribution in [0.5, 0.6) is 0 Å². The van der Waals surface area contributed by atoms with Crippen LogP contribution in [0, 0.1) is 0 Å². The van der Waals surface area contributed by atoms with Crippen LogP contribution < -0.4 is 0 Å². The van der Waals surface area contributed by atoms with Crippen molar-refractivity contribution in [2.75, 3.05) is 0 Å². The molecule has 22 aromatic carbocycles. The van der Waals surface area contributed by atoms with E-state index in [1.165, 1.54) is 238 Å².